The van der Waals surface area contributed by atoms with Crippen LogP contribution in [0.15, 0.2) is 30.9 Å². The van der Waals surface area contributed by atoms with E-state index in [1.54, 1.807) is 17.2 Å². The van der Waals surface area contributed by atoms with Gasteiger partial charge in [0.2, 0.25) is 5.91 Å². The molecule has 0 spiro atoms. The van der Waals surface area contributed by atoms with Crippen molar-refractivity contribution in [3.63, 3.8) is 0 Å². The average molecular weight is 338 g/mol. The Morgan fingerprint density at radius 3 is 2.44 bits per heavy atom. The van der Waals surface area contributed by atoms with E-state index in [1.807, 2.05) is 18.3 Å². The number of amides is 1. The van der Waals surface area contributed by atoms with Crippen molar-refractivity contribution in [2.75, 3.05) is 31.1 Å². The summed E-state index contributed by atoms with van der Waals surface area (Å²) >= 11 is 0. The molecule has 2 aromatic heterocycles. The van der Waals surface area contributed by atoms with Crippen LogP contribution in [0, 0.1) is 17.8 Å². The van der Waals surface area contributed by atoms with Gasteiger partial charge < -0.3 is 9.80 Å². The third-order valence-corrected chi connectivity index (χ3v) is 5.95. The molecule has 0 N–H and O–H groups in total. The third-order valence-electron chi connectivity index (χ3n) is 5.95. The van der Waals surface area contributed by atoms with Gasteiger partial charge in [-0.15, -0.1) is 0 Å². The summed E-state index contributed by atoms with van der Waals surface area (Å²) in [5.41, 5.74) is 0. The second kappa shape index (κ2) is 5.82. The van der Waals surface area contributed by atoms with Crippen LogP contribution in [-0.2, 0) is 4.79 Å². The summed E-state index contributed by atoms with van der Waals surface area (Å²) in [6.07, 6.45) is 8.64. The number of nitrogens with zero attached hydrogens (tertiary/aromatic N) is 6. The second-order valence-electron chi connectivity index (χ2n) is 7.48. The summed E-state index contributed by atoms with van der Waals surface area (Å²) in [7, 11) is 0. The minimum atomic E-state index is 0.313. The molecule has 2 saturated heterocycles. The van der Waals surface area contributed by atoms with Gasteiger partial charge in [0.05, 0.1) is 0 Å². The molecule has 130 valence electrons. The van der Waals surface area contributed by atoms with Crippen molar-refractivity contribution in [2.24, 2.45) is 17.8 Å². The van der Waals surface area contributed by atoms with Gasteiger partial charge in [-0.3, -0.25) is 4.79 Å². The van der Waals surface area contributed by atoms with Crippen molar-refractivity contribution in [1.82, 2.24) is 24.6 Å². The normalized spacial score (nSPS) is 25.9. The van der Waals surface area contributed by atoms with Crippen LogP contribution < -0.4 is 4.90 Å². The fraction of sp³-hybridized carbons (Fsp3) is 0.556. The molecule has 7 heteroatoms. The molecule has 7 nitrogen and oxygen atoms in total. The molecule has 3 fully saturated rings. The molecule has 4 heterocycles. The predicted octanol–water partition coefficient (Wildman–Crippen LogP) is 1.36. The highest BCUT2D eigenvalue weighted by Gasteiger charge is 2.43. The Kier molecular flexibility index (Phi) is 3.46. The zero-order valence-corrected chi connectivity index (χ0v) is 14.2. The zero-order chi connectivity index (χ0) is 16.8. The van der Waals surface area contributed by atoms with E-state index in [0.29, 0.717) is 23.7 Å². The maximum atomic E-state index is 12.5. The molecule has 5 rings (SSSR count). The molecule has 2 atom stereocenters. The molecule has 0 bridgehead atoms. The number of aromatic nitrogens is 4. The van der Waals surface area contributed by atoms with Gasteiger partial charge in [-0.2, -0.15) is 5.10 Å². The fourth-order valence-electron chi connectivity index (χ4n) is 4.31. The van der Waals surface area contributed by atoms with Crippen LogP contribution in [0.3, 0.4) is 0 Å². The minimum Gasteiger partial charge on any atom is -0.356 e. The Labute approximate surface area is 146 Å². The number of hydrogen-bond donors (Lipinski definition) is 0. The van der Waals surface area contributed by atoms with Gasteiger partial charge in [0, 0.05) is 62.4 Å². The lowest BCUT2D eigenvalue weighted by Gasteiger charge is -2.30. The summed E-state index contributed by atoms with van der Waals surface area (Å²) < 4.78 is 1.75. The van der Waals surface area contributed by atoms with Crippen LogP contribution in [0.4, 0.5) is 5.82 Å². The molecule has 1 aliphatic carbocycles. The predicted molar refractivity (Wildman–Crippen MR) is 92.3 cm³/mol. The topological polar surface area (TPSA) is 67.2 Å². The fourth-order valence-corrected chi connectivity index (χ4v) is 4.31. The van der Waals surface area contributed by atoms with Crippen LogP contribution in [-0.4, -0.2) is 56.7 Å². The van der Waals surface area contributed by atoms with E-state index >= 15 is 0 Å². The summed E-state index contributed by atoms with van der Waals surface area (Å²) in [6.45, 7) is 3.75. The summed E-state index contributed by atoms with van der Waals surface area (Å²) in [5.74, 6) is 3.57. The summed E-state index contributed by atoms with van der Waals surface area (Å²) in [5, 5.41) is 4.23. The lowest BCUT2D eigenvalue weighted by Crippen LogP contribution is -2.39. The molecule has 1 amide bonds. The molecule has 0 radical (unpaired) electrons. The number of hydrogen-bond acceptors (Lipinski definition) is 5. The number of likely N-dealkylation sites (tertiary alicyclic amines) is 1. The van der Waals surface area contributed by atoms with Gasteiger partial charge in [0.1, 0.15) is 12.1 Å². The Hall–Kier alpha value is -2.44. The second-order valence-corrected chi connectivity index (χ2v) is 7.48. The molecule has 25 heavy (non-hydrogen) atoms. The number of carbonyl (C=O) groups excluding carboxylic acids is 1. The van der Waals surface area contributed by atoms with E-state index < -0.39 is 0 Å². The number of anilines is 1. The average Bonchev–Trinajstić information content (AvgIpc) is 3.29. The molecule has 3 aliphatic rings. The Balaban J connectivity index is 1.27. The minimum absolute atomic E-state index is 0.313. The van der Waals surface area contributed by atoms with E-state index in [9.17, 15) is 4.79 Å². The van der Waals surface area contributed by atoms with Gasteiger partial charge in [0.15, 0.2) is 5.82 Å². The van der Waals surface area contributed by atoms with Crippen molar-refractivity contribution in [3.8, 4) is 5.82 Å². The smallest absolute Gasteiger partial charge is 0.225 e. The SMILES string of the molecule is O=C(C1CCC1)N1CC2CN(c3cc(-n4cccn4)ncn3)CC2C1. The largest absolute Gasteiger partial charge is 0.356 e. The summed E-state index contributed by atoms with van der Waals surface area (Å²) in [4.78, 5) is 25.7. The summed E-state index contributed by atoms with van der Waals surface area (Å²) in [6, 6.07) is 3.88. The van der Waals surface area contributed by atoms with Crippen LogP contribution in [0.2, 0.25) is 0 Å². The van der Waals surface area contributed by atoms with Crippen LogP contribution in [0.5, 0.6) is 0 Å². The molecular weight excluding hydrogens is 316 g/mol. The van der Waals surface area contributed by atoms with Gasteiger partial charge in [-0.25, -0.2) is 14.6 Å². The van der Waals surface area contributed by atoms with Crippen LogP contribution in [0.1, 0.15) is 19.3 Å². The molecule has 0 aromatic carbocycles. The first-order valence-electron chi connectivity index (χ1n) is 9.14. The Bertz CT molecular complexity index is 758. The Morgan fingerprint density at radius 1 is 1.04 bits per heavy atom. The highest BCUT2D eigenvalue weighted by atomic mass is 16.2. The number of carbonyl (C=O) groups is 1. The zero-order valence-electron chi connectivity index (χ0n) is 14.2. The van der Waals surface area contributed by atoms with Crippen molar-refractivity contribution in [1.29, 1.82) is 0 Å². The number of rotatable bonds is 3. The Morgan fingerprint density at radius 2 is 1.80 bits per heavy atom. The standard InChI is InChI=1S/C18H22N6O/c25-18(13-3-1-4-13)23-10-14-8-22(9-15(14)11-23)16-7-17(20-12-19-16)24-6-2-5-21-24/h2,5-7,12-15H,1,3-4,8-11H2. The van der Waals surface area contributed by atoms with E-state index in [1.165, 1.54) is 6.42 Å². The molecule has 2 unspecified atom stereocenters. The molecule has 2 aliphatic heterocycles. The van der Waals surface area contributed by atoms with Crippen molar-refractivity contribution < 1.29 is 4.79 Å². The van der Waals surface area contributed by atoms with Gasteiger partial charge >= 0.3 is 0 Å². The lowest BCUT2D eigenvalue weighted by molar-refractivity contribution is -0.137. The highest BCUT2D eigenvalue weighted by molar-refractivity contribution is 5.80. The lowest BCUT2D eigenvalue weighted by atomic mass is 9.84. The van der Waals surface area contributed by atoms with Crippen molar-refractivity contribution >= 4 is 11.7 Å². The van der Waals surface area contributed by atoms with E-state index in [4.69, 9.17) is 0 Å². The quantitative estimate of drug-likeness (QED) is 0.845. The van der Waals surface area contributed by atoms with E-state index in [-0.39, 0.29) is 0 Å². The highest BCUT2D eigenvalue weighted by Crippen LogP contribution is 2.36. The first-order chi connectivity index (χ1) is 12.3. The first kappa shape index (κ1) is 14.9. The molecular formula is C18H22N6O. The first-order valence-corrected chi connectivity index (χ1v) is 9.14. The monoisotopic (exact) mass is 338 g/mol. The van der Waals surface area contributed by atoms with E-state index in [0.717, 1.165) is 50.7 Å². The van der Waals surface area contributed by atoms with Crippen molar-refractivity contribution in [3.05, 3.63) is 30.9 Å². The van der Waals surface area contributed by atoms with Crippen molar-refractivity contribution in [2.45, 2.75) is 19.3 Å². The number of fused-ring (bicyclic) bond motifs is 1. The van der Waals surface area contributed by atoms with Gasteiger partial charge in [-0.05, 0) is 18.9 Å². The maximum absolute atomic E-state index is 12.5. The molecule has 1 saturated carbocycles. The van der Waals surface area contributed by atoms with Crippen LogP contribution in [0.25, 0.3) is 5.82 Å². The maximum Gasteiger partial charge on any atom is 0.225 e. The molecule has 2 aromatic rings. The third kappa shape index (κ3) is 2.58. The van der Waals surface area contributed by atoms with E-state index in [2.05, 4.69) is 24.9 Å². The van der Waals surface area contributed by atoms with Gasteiger partial charge in [0.25, 0.3) is 0 Å². The van der Waals surface area contributed by atoms with Gasteiger partial charge in [-0.1, -0.05) is 6.42 Å². The van der Waals surface area contributed by atoms with Crippen LogP contribution >= 0.6 is 0 Å².